The van der Waals surface area contributed by atoms with Crippen molar-refractivity contribution in [1.29, 1.82) is 0 Å². The number of halogens is 3. The van der Waals surface area contributed by atoms with Gasteiger partial charge < -0.3 is 4.74 Å². The molecule has 0 unspecified atom stereocenters. The van der Waals surface area contributed by atoms with Gasteiger partial charge in [-0.15, -0.1) is 0 Å². The second kappa shape index (κ2) is 7.63. The fraction of sp³-hybridized carbons (Fsp3) is 0.304. The highest BCUT2D eigenvalue weighted by molar-refractivity contribution is 5.96. The van der Waals surface area contributed by atoms with E-state index in [2.05, 4.69) is 11.3 Å². The zero-order valence-corrected chi connectivity index (χ0v) is 17.3. The summed E-state index contributed by atoms with van der Waals surface area (Å²) in [6.45, 7) is 9.85. The Hall–Kier alpha value is -3.09. The predicted molar refractivity (Wildman–Crippen MR) is 110 cm³/mol. The molecule has 0 aliphatic heterocycles. The van der Waals surface area contributed by atoms with E-state index < -0.39 is 23.3 Å². The molecule has 0 aliphatic carbocycles. The van der Waals surface area contributed by atoms with Gasteiger partial charge in [-0.05, 0) is 44.9 Å². The summed E-state index contributed by atoms with van der Waals surface area (Å²) in [5.74, 6) is -2.54. The number of rotatable bonds is 5. The lowest BCUT2D eigenvalue weighted by molar-refractivity contribution is -0.168. The van der Waals surface area contributed by atoms with Gasteiger partial charge in [0.1, 0.15) is 5.69 Å². The van der Waals surface area contributed by atoms with Crippen LogP contribution in [0.1, 0.15) is 25.0 Å². The summed E-state index contributed by atoms with van der Waals surface area (Å²) in [4.78, 5) is 12.4. The van der Waals surface area contributed by atoms with E-state index in [1.807, 2.05) is 56.3 Å². The molecule has 7 heteroatoms. The smallest absolute Gasteiger partial charge is 0.422 e. The van der Waals surface area contributed by atoms with Crippen molar-refractivity contribution in [3.63, 3.8) is 0 Å². The van der Waals surface area contributed by atoms with Gasteiger partial charge in [-0.3, -0.25) is 9.48 Å². The number of hydrogen-bond acceptors (Lipinski definition) is 3. The van der Waals surface area contributed by atoms with Crippen LogP contribution in [0.5, 0.6) is 0 Å². The predicted octanol–water partition coefficient (Wildman–Crippen LogP) is 5.97. The first kappa shape index (κ1) is 21.6. The van der Waals surface area contributed by atoms with E-state index in [0.29, 0.717) is 0 Å². The molecule has 0 radical (unpaired) electrons. The van der Waals surface area contributed by atoms with Crippen molar-refractivity contribution in [2.24, 2.45) is 5.41 Å². The van der Waals surface area contributed by atoms with Crippen LogP contribution in [0.4, 0.5) is 13.2 Å². The molecule has 30 heavy (non-hydrogen) atoms. The molecule has 4 nitrogen and oxygen atoms in total. The van der Waals surface area contributed by atoms with Crippen LogP contribution >= 0.6 is 0 Å². The summed E-state index contributed by atoms with van der Waals surface area (Å²) in [6.07, 6.45) is -4.79. The molecule has 2 aromatic carbocycles. The van der Waals surface area contributed by atoms with Crippen LogP contribution in [0, 0.1) is 19.3 Å². The summed E-state index contributed by atoms with van der Waals surface area (Å²) in [5.41, 5.74) is 3.26. The van der Waals surface area contributed by atoms with Crippen molar-refractivity contribution < 1.29 is 22.7 Å². The Morgan fingerprint density at radius 1 is 1.13 bits per heavy atom. The molecule has 158 valence electrons. The Labute approximate surface area is 173 Å². The maximum absolute atomic E-state index is 12.7. The number of nitrogens with zero attached hydrogens (tertiary/aromatic N) is 2. The van der Waals surface area contributed by atoms with Crippen LogP contribution in [0.15, 0.2) is 54.8 Å². The lowest BCUT2D eigenvalue weighted by atomic mass is 9.93. The summed E-state index contributed by atoms with van der Waals surface area (Å²) in [6, 6.07) is 13.6. The number of carbonyl (C=O) groups is 1. The van der Waals surface area contributed by atoms with E-state index in [-0.39, 0.29) is 6.54 Å². The third-order valence-electron chi connectivity index (χ3n) is 4.87. The molecule has 0 N–H and O–H groups in total. The second-order valence-electron chi connectivity index (χ2n) is 8.04. The molecule has 3 rings (SSSR count). The number of aromatic nitrogens is 2. The summed E-state index contributed by atoms with van der Waals surface area (Å²) in [5, 5.41) is 5.66. The standard InChI is InChI=1S/C23H23F3N2O2/c1-14-11-15(2)19-18(12-14)28(27-20(19)17-9-7-6-8-10-17)13-22(4,5)21(29)30-16(3)23(24,25)26/h6-12H,3,13H2,1-2,4-5H3. The van der Waals surface area contributed by atoms with Crippen molar-refractivity contribution in [1.82, 2.24) is 9.78 Å². The maximum atomic E-state index is 12.7. The minimum atomic E-state index is -4.79. The fourth-order valence-electron chi connectivity index (χ4n) is 3.35. The summed E-state index contributed by atoms with van der Waals surface area (Å²) in [7, 11) is 0. The van der Waals surface area contributed by atoms with Gasteiger partial charge in [-0.2, -0.15) is 18.3 Å². The van der Waals surface area contributed by atoms with Gasteiger partial charge in [-0.25, -0.2) is 0 Å². The van der Waals surface area contributed by atoms with E-state index in [1.165, 1.54) is 13.8 Å². The molecule has 3 aromatic rings. The molecule has 0 aliphatic rings. The van der Waals surface area contributed by atoms with Gasteiger partial charge in [0, 0.05) is 10.9 Å². The Morgan fingerprint density at radius 3 is 2.37 bits per heavy atom. The van der Waals surface area contributed by atoms with Gasteiger partial charge >= 0.3 is 12.1 Å². The van der Waals surface area contributed by atoms with E-state index in [0.717, 1.165) is 33.3 Å². The zero-order chi connectivity index (χ0) is 22.3. The molecule has 0 atom stereocenters. The van der Waals surface area contributed by atoms with Crippen LogP contribution in [-0.2, 0) is 16.1 Å². The van der Waals surface area contributed by atoms with Gasteiger partial charge in [0.15, 0.2) is 0 Å². The molecule has 0 spiro atoms. The molecule has 0 bridgehead atoms. The van der Waals surface area contributed by atoms with Crippen LogP contribution in [0.2, 0.25) is 0 Å². The minimum absolute atomic E-state index is 0.0448. The number of esters is 1. The first-order valence-electron chi connectivity index (χ1n) is 9.42. The van der Waals surface area contributed by atoms with Crippen LogP contribution in [-0.4, -0.2) is 21.9 Å². The molecule has 0 saturated carbocycles. The highest BCUT2D eigenvalue weighted by Crippen LogP contribution is 2.34. The van der Waals surface area contributed by atoms with E-state index >= 15 is 0 Å². The Balaban J connectivity index is 2.04. The van der Waals surface area contributed by atoms with Crippen molar-refractivity contribution in [3.05, 3.63) is 65.9 Å². The van der Waals surface area contributed by atoms with Crippen LogP contribution in [0.3, 0.4) is 0 Å². The lowest BCUT2D eigenvalue weighted by Gasteiger charge is -2.23. The third kappa shape index (κ3) is 4.25. The normalized spacial score (nSPS) is 12.2. The molecule has 1 heterocycles. The highest BCUT2D eigenvalue weighted by Gasteiger charge is 2.40. The minimum Gasteiger partial charge on any atom is -0.422 e. The number of allylic oxidation sites excluding steroid dienone is 1. The van der Waals surface area contributed by atoms with E-state index in [1.54, 1.807) is 4.68 Å². The Morgan fingerprint density at radius 2 is 1.77 bits per heavy atom. The molecule has 1 aromatic heterocycles. The highest BCUT2D eigenvalue weighted by atomic mass is 19.4. The summed E-state index contributed by atoms with van der Waals surface area (Å²) < 4.78 is 44.3. The van der Waals surface area contributed by atoms with Crippen molar-refractivity contribution in [2.75, 3.05) is 0 Å². The number of hydrogen-bond donors (Lipinski definition) is 0. The quantitative estimate of drug-likeness (QED) is 0.380. The van der Waals surface area contributed by atoms with Crippen LogP contribution in [0.25, 0.3) is 22.2 Å². The molecular formula is C23H23F3N2O2. The monoisotopic (exact) mass is 416 g/mol. The topological polar surface area (TPSA) is 44.1 Å². The first-order chi connectivity index (χ1) is 13.9. The average molecular weight is 416 g/mol. The Kier molecular flexibility index (Phi) is 5.50. The van der Waals surface area contributed by atoms with Gasteiger partial charge in [-0.1, -0.05) is 43.0 Å². The van der Waals surface area contributed by atoms with Gasteiger partial charge in [0.25, 0.3) is 0 Å². The number of fused-ring (bicyclic) bond motifs is 1. The molecule has 0 fully saturated rings. The maximum Gasteiger partial charge on any atom is 0.449 e. The SMILES string of the molecule is C=C(OC(=O)C(C)(C)Cn1nc(-c2ccccc2)c2c(C)cc(C)cc21)C(F)(F)F. The molecular weight excluding hydrogens is 393 g/mol. The number of aryl methyl sites for hydroxylation is 2. The Bertz CT molecular complexity index is 1110. The number of ether oxygens (including phenoxy) is 1. The largest absolute Gasteiger partial charge is 0.449 e. The average Bonchev–Trinajstić information content (AvgIpc) is 2.99. The van der Waals surface area contributed by atoms with Crippen molar-refractivity contribution >= 4 is 16.9 Å². The van der Waals surface area contributed by atoms with Crippen LogP contribution < -0.4 is 0 Å². The van der Waals surface area contributed by atoms with Crippen molar-refractivity contribution in [2.45, 2.75) is 40.4 Å². The third-order valence-corrected chi connectivity index (χ3v) is 4.87. The fourth-order valence-corrected chi connectivity index (χ4v) is 3.35. The number of benzene rings is 2. The van der Waals surface area contributed by atoms with E-state index in [4.69, 9.17) is 5.10 Å². The number of alkyl halides is 3. The number of carbonyl (C=O) groups excluding carboxylic acids is 1. The lowest BCUT2D eigenvalue weighted by Crippen LogP contribution is -2.33. The molecule has 0 amide bonds. The summed E-state index contributed by atoms with van der Waals surface area (Å²) >= 11 is 0. The van der Waals surface area contributed by atoms with Gasteiger partial charge in [0.05, 0.1) is 17.5 Å². The zero-order valence-electron chi connectivity index (χ0n) is 17.3. The molecule has 0 saturated heterocycles. The van der Waals surface area contributed by atoms with Crippen molar-refractivity contribution in [3.8, 4) is 11.3 Å². The van der Waals surface area contributed by atoms with Gasteiger partial charge in [0.2, 0.25) is 5.76 Å². The second-order valence-corrected chi connectivity index (χ2v) is 8.04. The van der Waals surface area contributed by atoms with E-state index in [9.17, 15) is 18.0 Å². The first-order valence-corrected chi connectivity index (χ1v) is 9.42.